The van der Waals surface area contributed by atoms with E-state index in [-0.39, 0.29) is 25.6 Å². The molecule has 0 saturated carbocycles. The van der Waals surface area contributed by atoms with Gasteiger partial charge in [0.1, 0.15) is 18.3 Å². The van der Waals surface area contributed by atoms with Gasteiger partial charge in [-0.2, -0.15) is 8.42 Å². The minimum atomic E-state index is -3.88. The first kappa shape index (κ1) is 30.4. The number of aryl methyl sites for hydroxylation is 1. The summed E-state index contributed by atoms with van der Waals surface area (Å²) >= 11 is 0. The van der Waals surface area contributed by atoms with Crippen LogP contribution in [0.25, 0.3) is 10.9 Å². The Morgan fingerprint density at radius 2 is 1.85 bits per heavy atom. The largest absolute Gasteiger partial charge is 0.445 e. The number of nitrogens with one attached hydrogen (secondary N) is 2. The van der Waals surface area contributed by atoms with Crippen molar-refractivity contribution in [3.8, 4) is 0 Å². The molecular formula is C30H39N3O7S. The number of benzene rings is 2. The predicted molar refractivity (Wildman–Crippen MR) is 156 cm³/mol. The maximum Gasteiger partial charge on any atom is 0.410 e. The van der Waals surface area contributed by atoms with Gasteiger partial charge in [0, 0.05) is 42.0 Å². The SMILES string of the molecule is Cc1ccc2c(C(CNC(=O)OCc3ccccc3)C3C(OS(C)(=O)=O)C(C)CN3C(=O)OC(C)(C)C)c[nH]c2c1. The summed E-state index contributed by atoms with van der Waals surface area (Å²) in [7, 11) is -3.88. The molecule has 2 heterocycles. The van der Waals surface area contributed by atoms with Crippen molar-refractivity contribution >= 4 is 33.2 Å². The minimum Gasteiger partial charge on any atom is -0.445 e. The molecule has 1 fully saturated rings. The first-order valence-electron chi connectivity index (χ1n) is 13.6. The van der Waals surface area contributed by atoms with Crippen LogP contribution in [0.2, 0.25) is 0 Å². The van der Waals surface area contributed by atoms with Crippen LogP contribution in [-0.2, 0) is 30.4 Å². The molecule has 222 valence electrons. The molecule has 4 rings (SSSR count). The fourth-order valence-corrected chi connectivity index (χ4v) is 6.02. The van der Waals surface area contributed by atoms with Crippen molar-refractivity contribution < 1.29 is 31.7 Å². The van der Waals surface area contributed by atoms with Crippen LogP contribution in [0.5, 0.6) is 0 Å². The molecule has 2 N–H and O–H groups in total. The Bertz CT molecular complexity index is 1480. The smallest absolute Gasteiger partial charge is 0.410 e. The average molecular weight is 586 g/mol. The number of aromatic nitrogens is 1. The molecule has 0 bridgehead atoms. The summed E-state index contributed by atoms with van der Waals surface area (Å²) in [5.74, 6) is -0.901. The van der Waals surface area contributed by atoms with Crippen LogP contribution in [0.3, 0.4) is 0 Å². The Kier molecular flexibility index (Phi) is 8.98. The highest BCUT2D eigenvalue weighted by Crippen LogP contribution is 2.40. The monoisotopic (exact) mass is 585 g/mol. The summed E-state index contributed by atoms with van der Waals surface area (Å²) in [6, 6.07) is 14.5. The number of alkyl carbamates (subject to hydrolysis) is 1. The van der Waals surface area contributed by atoms with Crippen LogP contribution in [-0.4, -0.2) is 67.6 Å². The zero-order chi connectivity index (χ0) is 29.9. The number of ether oxygens (including phenoxy) is 2. The molecule has 1 aliphatic rings. The summed E-state index contributed by atoms with van der Waals surface area (Å²) < 4.78 is 41.5. The molecule has 0 spiro atoms. The normalized spacial score (nSPS) is 20.1. The molecule has 4 unspecified atom stereocenters. The fourth-order valence-electron chi connectivity index (χ4n) is 5.32. The van der Waals surface area contributed by atoms with Crippen LogP contribution in [0, 0.1) is 12.8 Å². The van der Waals surface area contributed by atoms with Crippen LogP contribution in [0.1, 0.15) is 50.3 Å². The van der Waals surface area contributed by atoms with E-state index in [1.807, 2.05) is 68.6 Å². The number of nitrogens with zero attached hydrogens (tertiary/aromatic N) is 1. The molecule has 3 aromatic rings. The number of carbonyl (C=O) groups excluding carboxylic acids is 2. The van der Waals surface area contributed by atoms with Gasteiger partial charge in [-0.3, -0.25) is 4.18 Å². The van der Waals surface area contributed by atoms with E-state index < -0.39 is 46.0 Å². The number of carbonyl (C=O) groups is 2. The highest BCUT2D eigenvalue weighted by molar-refractivity contribution is 7.86. The van der Waals surface area contributed by atoms with Gasteiger partial charge in [0.25, 0.3) is 10.1 Å². The number of rotatable bonds is 8. The number of hydrogen-bond donors (Lipinski definition) is 2. The summed E-state index contributed by atoms with van der Waals surface area (Å²) in [4.78, 5) is 31.1. The number of aromatic amines is 1. The standard InChI is InChI=1S/C30H39N3O7S/c1-19-12-13-22-23(15-31-25(22)14-19)24(16-32-28(34)38-18-21-10-8-7-9-11-21)26-27(40-41(6,36)37)20(2)17-33(26)29(35)39-30(3,4)5/h7-15,20,24,26-27,31H,16-18H2,1-6H3,(H,32,34). The maximum atomic E-state index is 13.5. The fraction of sp³-hybridized carbons (Fsp3) is 0.467. The highest BCUT2D eigenvalue weighted by atomic mass is 32.2. The van der Waals surface area contributed by atoms with Gasteiger partial charge in [-0.15, -0.1) is 0 Å². The Balaban J connectivity index is 1.71. The molecule has 2 amide bonds. The van der Waals surface area contributed by atoms with E-state index >= 15 is 0 Å². The van der Waals surface area contributed by atoms with Crippen molar-refractivity contribution in [2.24, 2.45) is 5.92 Å². The molecular weight excluding hydrogens is 546 g/mol. The molecule has 1 aromatic heterocycles. The summed E-state index contributed by atoms with van der Waals surface area (Å²) in [6.45, 7) is 9.50. The van der Waals surface area contributed by atoms with E-state index in [9.17, 15) is 18.0 Å². The van der Waals surface area contributed by atoms with Crippen molar-refractivity contribution in [2.45, 2.75) is 64.9 Å². The van der Waals surface area contributed by atoms with Crippen LogP contribution in [0.4, 0.5) is 9.59 Å². The topological polar surface area (TPSA) is 127 Å². The highest BCUT2D eigenvalue weighted by Gasteiger charge is 2.50. The van der Waals surface area contributed by atoms with Gasteiger partial charge in [0.15, 0.2) is 0 Å². The Morgan fingerprint density at radius 3 is 2.51 bits per heavy atom. The number of amides is 2. The van der Waals surface area contributed by atoms with Crippen molar-refractivity contribution in [1.82, 2.24) is 15.2 Å². The summed E-state index contributed by atoms with van der Waals surface area (Å²) in [6.07, 6.45) is 0.737. The summed E-state index contributed by atoms with van der Waals surface area (Å²) in [5.41, 5.74) is 2.82. The lowest BCUT2D eigenvalue weighted by atomic mass is 9.86. The van der Waals surface area contributed by atoms with Gasteiger partial charge in [0.2, 0.25) is 0 Å². The number of H-pyrrole nitrogens is 1. The number of fused-ring (bicyclic) bond motifs is 1. The molecule has 1 aliphatic heterocycles. The van der Waals surface area contributed by atoms with Crippen molar-refractivity contribution in [3.63, 3.8) is 0 Å². The van der Waals surface area contributed by atoms with Gasteiger partial charge >= 0.3 is 12.2 Å². The molecule has 11 heteroatoms. The zero-order valence-corrected chi connectivity index (χ0v) is 25.2. The summed E-state index contributed by atoms with van der Waals surface area (Å²) in [5, 5.41) is 3.73. The van der Waals surface area contributed by atoms with Crippen LogP contribution < -0.4 is 5.32 Å². The quantitative estimate of drug-likeness (QED) is 0.353. The Labute approximate surface area is 241 Å². The predicted octanol–water partition coefficient (Wildman–Crippen LogP) is 5.09. The second kappa shape index (κ2) is 12.1. The molecule has 41 heavy (non-hydrogen) atoms. The maximum absolute atomic E-state index is 13.5. The molecule has 10 nitrogen and oxygen atoms in total. The first-order valence-corrected chi connectivity index (χ1v) is 15.4. The van der Waals surface area contributed by atoms with Gasteiger partial charge in [-0.25, -0.2) is 9.59 Å². The lowest BCUT2D eigenvalue weighted by Gasteiger charge is -2.35. The molecule has 0 aliphatic carbocycles. The van der Waals surface area contributed by atoms with Crippen molar-refractivity contribution in [1.29, 1.82) is 0 Å². The van der Waals surface area contributed by atoms with E-state index in [1.165, 1.54) is 4.90 Å². The first-order chi connectivity index (χ1) is 19.2. The van der Waals surface area contributed by atoms with Gasteiger partial charge in [-0.05, 0) is 50.5 Å². The van der Waals surface area contributed by atoms with Gasteiger partial charge in [0.05, 0.1) is 12.3 Å². The van der Waals surface area contributed by atoms with Crippen LogP contribution >= 0.6 is 0 Å². The van der Waals surface area contributed by atoms with Crippen LogP contribution in [0.15, 0.2) is 54.7 Å². The third-order valence-corrected chi connectivity index (χ3v) is 7.59. The molecule has 1 saturated heterocycles. The van der Waals surface area contributed by atoms with E-state index in [0.717, 1.165) is 33.8 Å². The Hall–Kier alpha value is -3.57. The third-order valence-electron chi connectivity index (χ3n) is 7.02. The third kappa shape index (κ3) is 7.80. The number of hydrogen-bond acceptors (Lipinski definition) is 7. The molecule has 0 radical (unpaired) electrons. The molecule has 2 aromatic carbocycles. The molecule has 4 atom stereocenters. The van der Waals surface area contributed by atoms with Crippen molar-refractivity contribution in [3.05, 3.63) is 71.4 Å². The second-order valence-corrected chi connectivity index (χ2v) is 13.3. The van der Waals surface area contributed by atoms with Crippen molar-refractivity contribution in [2.75, 3.05) is 19.3 Å². The lowest BCUT2D eigenvalue weighted by Crippen LogP contribution is -2.49. The lowest BCUT2D eigenvalue weighted by molar-refractivity contribution is 0.0141. The Morgan fingerprint density at radius 1 is 1.15 bits per heavy atom. The second-order valence-electron chi connectivity index (χ2n) is 11.7. The van der Waals surface area contributed by atoms with Gasteiger partial charge in [-0.1, -0.05) is 49.4 Å². The van der Waals surface area contributed by atoms with E-state index in [4.69, 9.17) is 13.7 Å². The number of likely N-dealkylation sites (tertiary alicyclic amines) is 1. The van der Waals surface area contributed by atoms with E-state index in [0.29, 0.717) is 0 Å². The zero-order valence-electron chi connectivity index (χ0n) is 24.3. The average Bonchev–Trinajstić information content (AvgIpc) is 3.43. The van der Waals surface area contributed by atoms with E-state index in [1.54, 1.807) is 20.8 Å². The minimum absolute atomic E-state index is 0.0504. The van der Waals surface area contributed by atoms with E-state index in [2.05, 4.69) is 10.3 Å². The van der Waals surface area contributed by atoms with Gasteiger partial charge < -0.3 is 24.7 Å².